The van der Waals surface area contributed by atoms with Crippen LogP contribution in [0, 0.1) is 0 Å². The summed E-state index contributed by atoms with van der Waals surface area (Å²) in [5, 5.41) is 10.0. The lowest BCUT2D eigenvalue weighted by atomic mass is 10.1. The number of aromatic nitrogens is 2. The van der Waals surface area contributed by atoms with Crippen molar-refractivity contribution in [3.8, 4) is 11.4 Å². The molecule has 192 valence electrons. The van der Waals surface area contributed by atoms with Gasteiger partial charge in [-0.15, -0.1) is 0 Å². The third kappa shape index (κ3) is 3.12. The van der Waals surface area contributed by atoms with Gasteiger partial charge in [-0.3, -0.25) is 0 Å². The Bertz CT molecular complexity index is 2320. The molecule has 0 aliphatic rings. The summed E-state index contributed by atoms with van der Waals surface area (Å²) in [4.78, 5) is 0. The molecule has 0 fully saturated rings. The molecule has 0 aliphatic heterocycles. The summed E-state index contributed by atoms with van der Waals surface area (Å²) in [7, 11) is 0. The van der Waals surface area contributed by atoms with Crippen LogP contribution in [0.2, 0.25) is 0 Å². The van der Waals surface area contributed by atoms with E-state index >= 15 is 0 Å². The van der Waals surface area contributed by atoms with Crippen molar-refractivity contribution in [3.63, 3.8) is 0 Å². The van der Waals surface area contributed by atoms with Crippen LogP contribution in [0.3, 0.4) is 0 Å². The van der Waals surface area contributed by atoms with Gasteiger partial charge in [0.1, 0.15) is 0 Å². The fourth-order valence-electron chi connectivity index (χ4n) is 6.81. The van der Waals surface area contributed by atoms with Crippen molar-refractivity contribution < 1.29 is 0 Å². The average Bonchev–Trinajstić information content (AvgIpc) is 3.55. The Hall–Kier alpha value is -4.86. The Morgan fingerprint density at radius 1 is 0.341 bits per heavy atom. The third-order valence-corrected chi connectivity index (χ3v) is 9.37. The first-order chi connectivity index (χ1) is 20.3. The second-order valence-electron chi connectivity index (χ2n) is 10.7. The Morgan fingerprint density at radius 3 is 1.24 bits per heavy atom. The highest BCUT2D eigenvalue weighted by Gasteiger charge is 2.21. The van der Waals surface area contributed by atoms with Crippen LogP contribution >= 0.6 is 15.9 Å². The van der Waals surface area contributed by atoms with E-state index in [1.54, 1.807) is 0 Å². The van der Waals surface area contributed by atoms with Crippen molar-refractivity contribution in [2.45, 2.75) is 0 Å². The van der Waals surface area contributed by atoms with Crippen LogP contribution in [-0.4, -0.2) is 9.13 Å². The van der Waals surface area contributed by atoms with Crippen LogP contribution in [0.4, 0.5) is 0 Å². The highest BCUT2D eigenvalue weighted by molar-refractivity contribution is 9.10. The van der Waals surface area contributed by atoms with E-state index in [1.807, 2.05) is 0 Å². The standard InChI is InChI=1S/C38H23BrN2/c39-36-34(40-32-16-7-5-14-28(32)30-22-20-24-10-1-3-12-26(24)37(30)40)18-9-19-35(36)41-33-17-8-6-15-29(33)31-23-21-25-11-2-4-13-27(25)38(31)41/h1-23H. The maximum atomic E-state index is 4.15. The summed E-state index contributed by atoms with van der Waals surface area (Å²) < 4.78 is 5.94. The normalized spacial score (nSPS) is 12.0. The third-order valence-electron chi connectivity index (χ3n) is 8.56. The first-order valence-electron chi connectivity index (χ1n) is 13.9. The van der Waals surface area contributed by atoms with E-state index in [0.29, 0.717) is 0 Å². The van der Waals surface area contributed by atoms with Gasteiger partial charge in [-0.25, -0.2) is 0 Å². The predicted molar refractivity (Wildman–Crippen MR) is 178 cm³/mol. The Balaban J connectivity index is 1.44. The molecule has 2 heterocycles. The van der Waals surface area contributed by atoms with E-state index in [-0.39, 0.29) is 0 Å². The van der Waals surface area contributed by atoms with E-state index in [4.69, 9.17) is 0 Å². The van der Waals surface area contributed by atoms with E-state index in [2.05, 4.69) is 165 Å². The molecule has 0 saturated heterocycles. The van der Waals surface area contributed by atoms with E-state index < -0.39 is 0 Å². The first-order valence-corrected chi connectivity index (χ1v) is 14.7. The number of hydrogen-bond acceptors (Lipinski definition) is 0. The van der Waals surface area contributed by atoms with Gasteiger partial charge in [-0.05, 0) is 51.0 Å². The minimum Gasteiger partial charge on any atom is -0.307 e. The molecular formula is C38H23BrN2. The van der Waals surface area contributed by atoms with Gasteiger partial charge in [0.15, 0.2) is 0 Å². The van der Waals surface area contributed by atoms with Crippen LogP contribution in [0.1, 0.15) is 0 Å². The molecule has 41 heavy (non-hydrogen) atoms. The van der Waals surface area contributed by atoms with Crippen LogP contribution in [0.15, 0.2) is 144 Å². The van der Waals surface area contributed by atoms with Gasteiger partial charge in [0, 0.05) is 32.3 Å². The molecule has 0 amide bonds. The molecule has 0 saturated carbocycles. The molecule has 0 spiro atoms. The lowest BCUT2D eigenvalue weighted by Gasteiger charge is -2.17. The van der Waals surface area contributed by atoms with Gasteiger partial charge < -0.3 is 9.13 Å². The first kappa shape index (κ1) is 22.9. The van der Waals surface area contributed by atoms with Crippen LogP contribution in [0.25, 0.3) is 76.5 Å². The second-order valence-corrected chi connectivity index (χ2v) is 11.5. The van der Waals surface area contributed by atoms with Crippen LogP contribution in [0.5, 0.6) is 0 Å². The smallest absolute Gasteiger partial charge is 0.0656 e. The van der Waals surface area contributed by atoms with Crippen molar-refractivity contribution in [2.24, 2.45) is 0 Å². The van der Waals surface area contributed by atoms with Gasteiger partial charge >= 0.3 is 0 Å². The van der Waals surface area contributed by atoms with Gasteiger partial charge in [0.2, 0.25) is 0 Å². The molecule has 2 aromatic heterocycles. The van der Waals surface area contributed by atoms with Gasteiger partial charge in [-0.2, -0.15) is 0 Å². The van der Waals surface area contributed by atoms with Crippen molar-refractivity contribution >= 4 is 81.1 Å². The molecule has 0 N–H and O–H groups in total. The largest absolute Gasteiger partial charge is 0.307 e. The van der Waals surface area contributed by atoms with Crippen LogP contribution in [-0.2, 0) is 0 Å². The van der Waals surface area contributed by atoms with E-state index in [1.165, 1.54) is 65.2 Å². The van der Waals surface area contributed by atoms with Crippen molar-refractivity contribution in [1.29, 1.82) is 0 Å². The molecule has 0 radical (unpaired) electrons. The summed E-state index contributed by atoms with van der Waals surface area (Å²) in [6.45, 7) is 0. The number of halogens is 1. The van der Waals surface area contributed by atoms with Gasteiger partial charge in [0.25, 0.3) is 0 Å². The maximum Gasteiger partial charge on any atom is 0.0656 e. The van der Waals surface area contributed by atoms with Crippen molar-refractivity contribution in [2.75, 3.05) is 0 Å². The molecule has 0 bridgehead atoms. The topological polar surface area (TPSA) is 9.86 Å². The highest BCUT2D eigenvalue weighted by Crippen LogP contribution is 2.42. The quantitative estimate of drug-likeness (QED) is 0.190. The summed E-state index contributed by atoms with van der Waals surface area (Å²) in [6.07, 6.45) is 0. The average molecular weight is 588 g/mol. The van der Waals surface area contributed by atoms with Crippen LogP contribution < -0.4 is 0 Å². The molecule has 0 unspecified atom stereocenters. The lowest BCUT2D eigenvalue weighted by molar-refractivity contribution is 1.12. The molecule has 0 aliphatic carbocycles. The SMILES string of the molecule is Brc1c(-n2c3ccccc3c3ccc4ccccc4c32)cccc1-n1c2ccccc2c2ccc3ccccc3c21. The predicted octanol–water partition coefficient (Wildman–Crippen LogP) is 10.9. The zero-order valence-electron chi connectivity index (χ0n) is 22.1. The van der Waals surface area contributed by atoms with E-state index in [0.717, 1.165) is 15.8 Å². The Kier molecular flexibility index (Phi) is 4.79. The molecule has 9 rings (SSSR count). The minimum atomic E-state index is 1.06. The van der Waals surface area contributed by atoms with Crippen molar-refractivity contribution in [3.05, 3.63) is 144 Å². The summed E-state index contributed by atoms with van der Waals surface area (Å²) >= 11 is 4.15. The molecule has 3 heteroatoms. The number of rotatable bonds is 2. The second kappa shape index (κ2) is 8.57. The summed E-state index contributed by atoms with van der Waals surface area (Å²) in [5.74, 6) is 0. The number of para-hydroxylation sites is 2. The minimum absolute atomic E-state index is 1.06. The zero-order chi connectivity index (χ0) is 27.1. The maximum absolute atomic E-state index is 4.15. The monoisotopic (exact) mass is 586 g/mol. The lowest BCUT2D eigenvalue weighted by Crippen LogP contribution is -2.01. The highest BCUT2D eigenvalue weighted by atomic mass is 79.9. The summed E-state index contributed by atoms with van der Waals surface area (Å²) in [6, 6.07) is 50.5. The number of fused-ring (bicyclic) bond motifs is 10. The molecule has 7 aromatic carbocycles. The molecule has 2 nitrogen and oxygen atoms in total. The number of benzene rings is 7. The number of nitrogens with zero attached hydrogens (tertiary/aromatic N) is 2. The molecular weight excluding hydrogens is 564 g/mol. The Morgan fingerprint density at radius 2 is 0.756 bits per heavy atom. The fraction of sp³-hybridized carbons (Fsp3) is 0. The Labute approximate surface area is 244 Å². The summed E-state index contributed by atoms with van der Waals surface area (Å²) in [5.41, 5.74) is 7.10. The van der Waals surface area contributed by atoms with Crippen molar-refractivity contribution in [1.82, 2.24) is 9.13 Å². The number of hydrogen-bond donors (Lipinski definition) is 0. The van der Waals surface area contributed by atoms with Gasteiger partial charge in [0.05, 0.1) is 37.9 Å². The van der Waals surface area contributed by atoms with E-state index in [9.17, 15) is 0 Å². The zero-order valence-corrected chi connectivity index (χ0v) is 23.6. The fourth-order valence-corrected chi connectivity index (χ4v) is 7.43. The van der Waals surface area contributed by atoms with Gasteiger partial charge in [-0.1, -0.05) is 115 Å². The molecule has 9 aromatic rings. The molecule has 0 atom stereocenters.